The molecule has 1 aliphatic carbocycles. The molecule has 0 aliphatic heterocycles. The normalized spacial score (nSPS) is 14.5. The number of amides is 1. The number of carbonyl (C=O) groups excluding carboxylic acids is 1. The average Bonchev–Trinajstić information content (AvgIpc) is 3.15. The molecule has 0 spiro atoms. The maximum atomic E-state index is 11.7. The van der Waals surface area contributed by atoms with Crippen molar-refractivity contribution in [3.8, 4) is 5.75 Å². The number of hydrogen-bond acceptors (Lipinski definition) is 3. The SMILES string of the molecule is CCOc1ccc(CN(C)CC(=O)NC2CC2)cc1. The summed E-state index contributed by atoms with van der Waals surface area (Å²) in [5.41, 5.74) is 1.19. The van der Waals surface area contributed by atoms with Gasteiger partial charge in [-0.3, -0.25) is 9.69 Å². The number of likely N-dealkylation sites (N-methyl/N-ethyl adjacent to an activating group) is 1. The molecule has 1 aromatic carbocycles. The summed E-state index contributed by atoms with van der Waals surface area (Å²) >= 11 is 0. The van der Waals surface area contributed by atoms with Crippen LogP contribution in [-0.4, -0.2) is 37.0 Å². The number of ether oxygens (including phenoxy) is 1. The first-order chi connectivity index (χ1) is 9.17. The van der Waals surface area contributed by atoms with Gasteiger partial charge >= 0.3 is 0 Å². The zero-order chi connectivity index (χ0) is 13.7. The molecule has 1 saturated carbocycles. The monoisotopic (exact) mass is 262 g/mol. The van der Waals surface area contributed by atoms with Crippen molar-refractivity contribution < 1.29 is 9.53 Å². The zero-order valence-corrected chi connectivity index (χ0v) is 11.7. The smallest absolute Gasteiger partial charge is 0.234 e. The van der Waals surface area contributed by atoms with Gasteiger partial charge in [0.25, 0.3) is 0 Å². The molecule has 0 heterocycles. The Morgan fingerprint density at radius 1 is 1.37 bits per heavy atom. The molecule has 104 valence electrons. The lowest BCUT2D eigenvalue weighted by Gasteiger charge is -2.16. The molecule has 1 aliphatic rings. The van der Waals surface area contributed by atoms with Gasteiger partial charge in [0.15, 0.2) is 0 Å². The minimum absolute atomic E-state index is 0.121. The lowest BCUT2D eigenvalue weighted by atomic mass is 10.2. The number of carbonyl (C=O) groups is 1. The van der Waals surface area contributed by atoms with E-state index in [1.54, 1.807) is 0 Å². The van der Waals surface area contributed by atoms with E-state index in [1.165, 1.54) is 5.56 Å². The third-order valence-corrected chi connectivity index (χ3v) is 3.04. The molecule has 0 atom stereocenters. The van der Waals surface area contributed by atoms with E-state index >= 15 is 0 Å². The first-order valence-electron chi connectivity index (χ1n) is 6.87. The van der Waals surface area contributed by atoms with Crippen LogP contribution in [0.5, 0.6) is 5.75 Å². The van der Waals surface area contributed by atoms with Gasteiger partial charge in [0, 0.05) is 12.6 Å². The van der Waals surface area contributed by atoms with Crippen LogP contribution < -0.4 is 10.1 Å². The molecule has 2 rings (SSSR count). The Morgan fingerprint density at radius 3 is 2.63 bits per heavy atom. The van der Waals surface area contributed by atoms with Crippen LogP contribution in [0.1, 0.15) is 25.3 Å². The number of benzene rings is 1. The van der Waals surface area contributed by atoms with Crippen molar-refractivity contribution in [2.24, 2.45) is 0 Å². The van der Waals surface area contributed by atoms with Crippen molar-refractivity contribution in [2.75, 3.05) is 20.2 Å². The summed E-state index contributed by atoms with van der Waals surface area (Å²) in [6, 6.07) is 8.46. The van der Waals surface area contributed by atoms with Crippen LogP contribution in [0.25, 0.3) is 0 Å². The van der Waals surface area contributed by atoms with Gasteiger partial charge in [-0.1, -0.05) is 12.1 Å². The summed E-state index contributed by atoms with van der Waals surface area (Å²) in [6.07, 6.45) is 2.27. The molecule has 1 aromatic rings. The third kappa shape index (κ3) is 4.91. The molecule has 4 heteroatoms. The lowest BCUT2D eigenvalue weighted by Crippen LogP contribution is -2.35. The highest BCUT2D eigenvalue weighted by Gasteiger charge is 2.23. The van der Waals surface area contributed by atoms with Crippen molar-refractivity contribution in [1.29, 1.82) is 0 Å². The average molecular weight is 262 g/mol. The van der Waals surface area contributed by atoms with Gasteiger partial charge in [0.2, 0.25) is 5.91 Å². The molecular weight excluding hydrogens is 240 g/mol. The summed E-state index contributed by atoms with van der Waals surface area (Å²) in [6.45, 7) is 3.87. The predicted molar refractivity (Wildman–Crippen MR) is 75.1 cm³/mol. The fourth-order valence-corrected chi connectivity index (χ4v) is 1.97. The lowest BCUT2D eigenvalue weighted by molar-refractivity contribution is -0.122. The van der Waals surface area contributed by atoms with Gasteiger partial charge in [-0.2, -0.15) is 0 Å². The summed E-state index contributed by atoms with van der Waals surface area (Å²) in [7, 11) is 1.96. The number of hydrogen-bond donors (Lipinski definition) is 1. The minimum atomic E-state index is 0.121. The topological polar surface area (TPSA) is 41.6 Å². The fraction of sp³-hybridized carbons (Fsp3) is 0.533. The molecule has 1 fully saturated rings. The Bertz CT molecular complexity index is 413. The van der Waals surface area contributed by atoms with E-state index in [0.717, 1.165) is 25.1 Å². The van der Waals surface area contributed by atoms with Gasteiger partial charge in [0.05, 0.1) is 13.2 Å². The second kappa shape index (κ2) is 6.57. The van der Waals surface area contributed by atoms with Crippen molar-refractivity contribution in [1.82, 2.24) is 10.2 Å². The molecule has 0 aromatic heterocycles. The van der Waals surface area contributed by atoms with Gasteiger partial charge in [-0.05, 0) is 44.5 Å². The summed E-state index contributed by atoms with van der Waals surface area (Å²) < 4.78 is 5.40. The first-order valence-corrected chi connectivity index (χ1v) is 6.87. The van der Waals surface area contributed by atoms with Crippen molar-refractivity contribution in [2.45, 2.75) is 32.4 Å². The number of nitrogens with zero attached hydrogens (tertiary/aromatic N) is 1. The molecule has 4 nitrogen and oxygen atoms in total. The molecule has 0 radical (unpaired) electrons. The van der Waals surface area contributed by atoms with Crippen LogP contribution in [0, 0.1) is 0 Å². The van der Waals surface area contributed by atoms with Crippen molar-refractivity contribution >= 4 is 5.91 Å². The molecule has 0 unspecified atom stereocenters. The highest BCUT2D eigenvalue weighted by atomic mass is 16.5. The highest BCUT2D eigenvalue weighted by molar-refractivity contribution is 5.78. The Balaban J connectivity index is 1.76. The molecule has 0 bridgehead atoms. The van der Waals surface area contributed by atoms with Crippen LogP contribution in [-0.2, 0) is 11.3 Å². The Hall–Kier alpha value is -1.55. The van der Waals surface area contributed by atoms with Crippen LogP contribution in [0.2, 0.25) is 0 Å². The molecule has 1 N–H and O–H groups in total. The Labute approximate surface area is 114 Å². The van der Waals surface area contributed by atoms with Crippen LogP contribution in [0.3, 0.4) is 0 Å². The largest absolute Gasteiger partial charge is 0.494 e. The Kier molecular flexibility index (Phi) is 4.80. The van der Waals surface area contributed by atoms with E-state index in [0.29, 0.717) is 19.2 Å². The van der Waals surface area contributed by atoms with E-state index < -0.39 is 0 Å². The van der Waals surface area contributed by atoms with E-state index in [9.17, 15) is 4.79 Å². The predicted octanol–water partition coefficient (Wildman–Crippen LogP) is 1.80. The van der Waals surface area contributed by atoms with Gasteiger partial charge in [0.1, 0.15) is 5.75 Å². The number of rotatable bonds is 7. The quantitative estimate of drug-likeness (QED) is 0.814. The first kappa shape index (κ1) is 13.9. The van der Waals surface area contributed by atoms with Gasteiger partial charge in [-0.25, -0.2) is 0 Å². The van der Waals surface area contributed by atoms with Gasteiger partial charge < -0.3 is 10.1 Å². The van der Waals surface area contributed by atoms with Crippen LogP contribution in [0.15, 0.2) is 24.3 Å². The van der Waals surface area contributed by atoms with Gasteiger partial charge in [-0.15, -0.1) is 0 Å². The van der Waals surface area contributed by atoms with E-state index in [-0.39, 0.29) is 5.91 Å². The van der Waals surface area contributed by atoms with Crippen LogP contribution >= 0.6 is 0 Å². The molecular formula is C15H22N2O2. The van der Waals surface area contributed by atoms with E-state index in [1.807, 2.05) is 43.1 Å². The second-order valence-electron chi connectivity index (χ2n) is 5.09. The Morgan fingerprint density at radius 2 is 2.05 bits per heavy atom. The summed E-state index contributed by atoms with van der Waals surface area (Å²) in [5.74, 6) is 1.01. The maximum Gasteiger partial charge on any atom is 0.234 e. The summed E-state index contributed by atoms with van der Waals surface area (Å²) in [4.78, 5) is 13.7. The van der Waals surface area contributed by atoms with Crippen molar-refractivity contribution in [3.63, 3.8) is 0 Å². The van der Waals surface area contributed by atoms with E-state index in [4.69, 9.17) is 4.74 Å². The van der Waals surface area contributed by atoms with Crippen molar-refractivity contribution in [3.05, 3.63) is 29.8 Å². The molecule has 19 heavy (non-hydrogen) atoms. The second-order valence-corrected chi connectivity index (χ2v) is 5.09. The standard InChI is InChI=1S/C15H22N2O2/c1-3-19-14-8-4-12(5-9-14)10-17(2)11-15(18)16-13-6-7-13/h4-5,8-9,13H,3,6-7,10-11H2,1-2H3,(H,16,18). The third-order valence-electron chi connectivity index (χ3n) is 3.04. The minimum Gasteiger partial charge on any atom is -0.494 e. The highest BCUT2D eigenvalue weighted by Crippen LogP contribution is 2.18. The van der Waals surface area contributed by atoms with Crippen LogP contribution in [0.4, 0.5) is 0 Å². The molecule has 1 amide bonds. The fourth-order valence-electron chi connectivity index (χ4n) is 1.97. The zero-order valence-electron chi connectivity index (χ0n) is 11.7. The molecule has 0 saturated heterocycles. The maximum absolute atomic E-state index is 11.7. The number of nitrogens with one attached hydrogen (secondary N) is 1. The summed E-state index contributed by atoms with van der Waals surface area (Å²) in [5, 5.41) is 3.00. The van der Waals surface area contributed by atoms with E-state index in [2.05, 4.69) is 5.32 Å².